The SMILES string of the molecule is COc1ccc(C2CCCCCN2CC(=O)NN2C(=O)NC3(CCC(C)CC3)C2=O)cc1. The van der Waals surface area contributed by atoms with Gasteiger partial charge in [-0.25, -0.2) is 4.79 Å². The third-order valence-electron chi connectivity index (χ3n) is 7.24. The molecule has 2 heterocycles. The normalized spacial score (nSPS) is 29.0. The second-order valence-electron chi connectivity index (χ2n) is 9.48. The van der Waals surface area contributed by atoms with E-state index in [4.69, 9.17) is 4.74 Å². The molecule has 8 nitrogen and oxygen atoms in total. The van der Waals surface area contributed by atoms with Crippen molar-refractivity contribution in [3.8, 4) is 5.75 Å². The summed E-state index contributed by atoms with van der Waals surface area (Å²) in [6.07, 6.45) is 7.24. The van der Waals surface area contributed by atoms with Crippen LogP contribution < -0.4 is 15.5 Å². The maximum absolute atomic E-state index is 13.0. The van der Waals surface area contributed by atoms with E-state index >= 15 is 0 Å². The lowest BCUT2D eigenvalue weighted by molar-refractivity contribution is -0.140. The lowest BCUT2D eigenvalue weighted by Gasteiger charge is -2.33. The van der Waals surface area contributed by atoms with Gasteiger partial charge in [0.1, 0.15) is 11.3 Å². The largest absolute Gasteiger partial charge is 0.497 e. The highest BCUT2D eigenvalue weighted by Crippen LogP contribution is 2.36. The van der Waals surface area contributed by atoms with Gasteiger partial charge in [-0.2, -0.15) is 5.01 Å². The Kier molecular flexibility index (Phi) is 6.69. The van der Waals surface area contributed by atoms with Gasteiger partial charge in [-0.1, -0.05) is 31.9 Å². The van der Waals surface area contributed by atoms with Gasteiger partial charge in [-0.3, -0.25) is 19.9 Å². The summed E-state index contributed by atoms with van der Waals surface area (Å²) in [5, 5.41) is 3.75. The highest BCUT2D eigenvalue weighted by atomic mass is 16.5. The zero-order chi connectivity index (χ0) is 22.7. The maximum Gasteiger partial charge on any atom is 0.344 e. The van der Waals surface area contributed by atoms with Gasteiger partial charge < -0.3 is 10.1 Å². The number of nitrogens with one attached hydrogen (secondary N) is 2. The predicted molar refractivity (Wildman–Crippen MR) is 120 cm³/mol. The molecule has 1 atom stereocenters. The molecular weight excluding hydrogens is 408 g/mol. The van der Waals surface area contributed by atoms with Crippen LogP contribution in [0.15, 0.2) is 24.3 Å². The van der Waals surface area contributed by atoms with E-state index in [0.29, 0.717) is 18.8 Å². The Balaban J connectivity index is 1.42. The van der Waals surface area contributed by atoms with Gasteiger partial charge in [0.15, 0.2) is 0 Å². The van der Waals surface area contributed by atoms with Crippen LogP contribution >= 0.6 is 0 Å². The molecule has 2 saturated heterocycles. The van der Waals surface area contributed by atoms with Gasteiger partial charge in [0.2, 0.25) is 0 Å². The van der Waals surface area contributed by atoms with E-state index < -0.39 is 11.6 Å². The second kappa shape index (κ2) is 9.48. The topological polar surface area (TPSA) is 91.0 Å². The molecular formula is C24H34N4O4. The molecule has 0 bridgehead atoms. The number of benzene rings is 1. The summed E-state index contributed by atoms with van der Waals surface area (Å²) >= 11 is 0. The van der Waals surface area contributed by atoms with Crippen LogP contribution in [0.5, 0.6) is 5.75 Å². The van der Waals surface area contributed by atoms with Crippen LogP contribution in [0.1, 0.15) is 69.9 Å². The van der Waals surface area contributed by atoms with Crippen LogP contribution in [-0.4, -0.2) is 53.5 Å². The summed E-state index contributed by atoms with van der Waals surface area (Å²) in [6, 6.07) is 7.56. The number of carbonyl (C=O) groups excluding carboxylic acids is 3. The number of hydrazine groups is 1. The summed E-state index contributed by atoms with van der Waals surface area (Å²) in [5.41, 5.74) is 2.88. The van der Waals surface area contributed by atoms with E-state index in [1.807, 2.05) is 24.3 Å². The van der Waals surface area contributed by atoms with Crippen molar-refractivity contribution in [1.29, 1.82) is 0 Å². The highest BCUT2D eigenvalue weighted by Gasteiger charge is 2.53. The minimum Gasteiger partial charge on any atom is -0.497 e. The van der Waals surface area contributed by atoms with Gasteiger partial charge in [-0.05, 0) is 68.7 Å². The number of imide groups is 1. The number of ether oxygens (including phenoxy) is 1. The average molecular weight is 443 g/mol. The molecule has 3 aliphatic rings. The minimum absolute atomic E-state index is 0.114. The number of urea groups is 1. The van der Waals surface area contributed by atoms with Crippen LogP contribution in [0.2, 0.25) is 0 Å². The monoisotopic (exact) mass is 442 g/mol. The summed E-state index contributed by atoms with van der Waals surface area (Å²) in [7, 11) is 1.64. The fraction of sp³-hybridized carbons (Fsp3) is 0.625. The number of likely N-dealkylation sites (tertiary alicyclic amines) is 1. The highest BCUT2D eigenvalue weighted by molar-refractivity contribution is 6.08. The molecule has 2 N–H and O–H groups in total. The molecule has 1 aromatic rings. The first-order valence-electron chi connectivity index (χ1n) is 11.8. The molecule has 1 unspecified atom stereocenters. The fourth-order valence-electron chi connectivity index (χ4n) is 5.22. The Morgan fingerprint density at radius 1 is 1.12 bits per heavy atom. The summed E-state index contributed by atoms with van der Waals surface area (Å²) in [6.45, 7) is 3.10. The minimum atomic E-state index is -0.856. The van der Waals surface area contributed by atoms with Crippen molar-refractivity contribution in [2.75, 3.05) is 20.2 Å². The number of hydrogen-bond acceptors (Lipinski definition) is 5. The van der Waals surface area contributed by atoms with Crippen molar-refractivity contribution in [3.05, 3.63) is 29.8 Å². The van der Waals surface area contributed by atoms with E-state index in [-0.39, 0.29) is 24.4 Å². The molecule has 8 heteroatoms. The number of nitrogens with zero attached hydrogens (tertiary/aromatic N) is 2. The molecule has 32 heavy (non-hydrogen) atoms. The zero-order valence-corrected chi connectivity index (χ0v) is 19.1. The molecule has 3 fully saturated rings. The Bertz CT molecular complexity index is 848. The van der Waals surface area contributed by atoms with E-state index in [1.54, 1.807) is 7.11 Å². The van der Waals surface area contributed by atoms with Crippen LogP contribution in [-0.2, 0) is 9.59 Å². The van der Waals surface area contributed by atoms with E-state index in [2.05, 4.69) is 22.6 Å². The molecule has 2 aliphatic heterocycles. The van der Waals surface area contributed by atoms with Crippen molar-refractivity contribution in [1.82, 2.24) is 20.7 Å². The first-order chi connectivity index (χ1) is 15.4. The Labute approximate surface area is 189 Å². The molecule has 1 spiro atoms. The lowest BCUT2D eigenvalue weighted by Crippen LogP contribution is -2.53. The van der Waals surface area contributed by atoms with Crippen molar-refractivity contribution >= 4 is 17.8 Å². The van der Waals surface area contributed by atoms with Crippen LogP contribution in [0.3, 0.4) is 0 Å². The number of amides is 4. The number of carbonyl (C=O) groups is 3. The van der Waals surface area contributed by atoms with Crippen molar-refractivity contribution in [3.63, 3.8) is 0 Å². The Morgan fingerprint density at radius 2 is 1.84 bits per heavy atom. The predicted octanol–water partition coefficient (Wildman–Crippen LogP) is 3.14. The standard InChI is InChI=1S/C24H34N4O4/c1-17-11-13-24(14-12-17)22(30)28(23(31)25-24)26-21(29)16-27-15-5-3-4-6-20(27)18-7-9-19(32-2)10-8-18/h7-10,17,20H,3-6,11-16H2,1-2H3,(H,25,31)(H,26,29). The summed E-state index contributed by atoms with van der Waals surface area (Å²) in [5.74, 6) is 0.684. The molecule has 0 radical (unpaired) electrons. The number of rotatable bonds is 5. The van der Waals surface area contributed by atoms with Gasteiger partial charge >= 0.3 is 6.03 Å². The van der Waals surface area contributed by atoms with E-state index in [9.17, 15) is 14.4 Å². The quantitative estimate of drug-likeness (QED) is 0.684. The summed E-state index contributed by atoms with van der Waals surface area (Å²) in [4.78, 5) is 40.6. The average Bonchev–Trinajstić information content (AvgIpc) is 2.94. The van der Waals surface area contributed by atoms with Crippen molar-refractivity contribution in [2.24, 2.45) is 5.92 Å². The van der Waals surface area contributed by atoms with Gasteiger partial charge in [0.05, 0.1) is 13.7 Å². The Morgan fingerprint density at radius 3 is 2.53 bits per heavy atom. The van der Waals surface area contributed by atoms with Crippen LogP contribution in [0, 0.1) is 5.92 Å². The molecule has 1 saturated carbocycles. The summed E-state index contributed by atoms with van der Waals surface area (Å²) < 4.78 is 5.27. The third-order valence-corrected chi connectivity index (χ3v) is 7.24. The van der Waals surface area contributed by atoms with Gasteiger partial charge in [0.25, 0.3) is 11.8 Å². The van der Waals surface area contributed by atoms with E-state index in [0.717, 1.165) is 61.4 Å². The molecule has 1 aliphatic carbocycles. The fourth-order valence-corrected chi connectivity index (χ4v) is 5.22. The smallest absolute Gasteiger partial charge is 0.344 e. The van der Waals surface area contributed by atoms with Crippen molar-refractivity contribution < 1.29 is 19.1 Å². The molecule has 4 rings (SSSR count). The maximum atomic E-state index is 13.0. The second-order valence-corrected chi connectivity index (χ2v) is 9.48. The first kappa shape index (κ1) is 22.6. The number of hydrogen-bond donors (Lipinski definition) is 2. The molecule has 1 aromatic carbocycles. The molecule has 4 amide bonds. The molecule has 174 valence electrons. The Hall–Kier alpha value is -2.61. The zero-order valence-electron chi connectivity index (χ0n) is 19.1. The third kappa shape index (κ3) is 4.60. The number of methoxy groups -OCH3 is 1. The molecule has 0 aromatic heterocycles. The van der Waals surface area contributed by atoms with Crippen LogP contribution in [0.4, 0.5) is 4.79 Å². The van der Waals surface area contributed by atoms with Crippen molar-refractivity contribution in [2.45, 2.75) is 69.9 Å². The lowest BCUT2D eigenvalue weighted by atomic mass is 9.77. The van der Waals surface area contributed by atoms with E-state index in [1.165, 1.54) is 0 Å². The van der Waals surface area contributed by atoms with Gasteiger partial charge in [-0.15, -0.1) is 0 Å². The van der Waals surface area contributed by atoms with Crippen LogP contribution in [0.25, 0.3) is 0 Å². The first-order valence-corrected chi connectivity index (χ1v) is 11.8. The van der Waals surface area contributed by atoms with Gasteiger partial charge in [0, 0.05) is 6.04 Å².